The molecule has 1 fully saturated rings. The van der Waals surface area contributed by atoms with E-state index in [-0.39, 0.29) is 0 Å². The average Bonchev–Trinajstić information content (AvgIpc) is 3.31. The van der Waals surface area contributed by atoms with Gasteiger partial charge in [-0.15, -0.1) is 0 Å². The molecule has 1 aliphatic rings. The van der Waals surface area contributed by atoms with Gasteiger partial charge in [0.2, 0.25) is 0 Å². The highest BCUT2D eigenvalue weighted by atomic mass is 16.5. The van der Waals surface area contributed by atoms with Crippen LogP contribution in [0.1, 0.15) is 43.8 Å². The molecule has 1 aromatic heterocycles. The number of ether oxygens (including phenoxy) is 2. The van der Waals surface area contributed by atoms with Crippen LogP contribution in [-0.4, -0.2) is 30.3 Å². The van der Waals surface area contributed by atoms with Crippen molar-refractivity contribution < 1.29 is 19.0 Å². The van der Waals surface area contributed by atoms with Crippen molar-refractivity contribution in [3.63, 3.8) is 0 Å². The van der Waals surface area contributed by atoms with E-state index in [0.29, 0.717) is 18.3 Å². The first-order valence-electron chi connectivity index (χ1n) is 8.68. The fourth-order valence-corrected chi connectivity index (χ4v) is 3.04. The van der Waals surface area contributed by atoms with Gasteiger partial charge in [0, 0.05) is 18.2 Å². The normalized spacial score (nSPS) is 14.8. The molecule has 0 radical (unpaired) electrons. The molecule has 1 aliphatic carbocycles. The molecule has 1 heterocycles. The van der Waals surface area contributed by atoms with Gasteiger partial charge >= 0.3 is 0 Å². The fraction of sp³-hybridized carbons (Fsp3) is 0.500. The molecule has 0 bridgehead atoms. The van der Waals surface area contributed by atoms with Crippen LogP contribution in [0.25, 0.3) is 0 Å². The molecule has 1 aromatic carbocycles. The summed E-state index contributed by atoms with van der Waals surface area (Å²) in [6.07, 6.45) is 2.40. The van der Waals surface area contributed by atoms with Crippen molar-refractivity contribution in [1.29, 1.82) is 0 Å². The Labute approximate surface area is 149 Å². The quantitative estimate of drug-likeness (QED) is 0.791. The lowest BCUT2D eigenvalue weighted by Crippen LogP contribution is -2.25. The molecule has 1 saturated carbocycles. The molecule has 0 saturated heterocycles. The Kier molecular flexibility index (Phi) is 5.06. The maximum absolute atomic E-state index is 10.1. The van der Waals surface area contributed by atoms with Crippen LogP contribution in [0.3, 0.4) is 0 Å². The Hall–Kier alpha value is -1.98. The Morgan fingerprint density at radius 2 is 1.88 bits per heavy atom. The van der Waals surface area contributed by atoms with E-state index in [1.807, 2.05) is 24.3 Å². The van der Waals surface area contributed by atoms with Crippen LogP contribution in [0, 0.1) is 0 Å². The molecule has 2 aromatic rings. The van der Waals surface area contributed by atoms with Crippen molar-refractivity contribution in [2.24, 2.45) is 0 Å². The molecule has 3 rings (SSSR count). The van der Waals surface area contributed by atoms with Crippen LogP contribution in [0.2, 0.25) is 0 Å². The number of nitrogens with zero attached hydrogens (tertiary/aromatic N) is 1. The predicted octanol–water partition coefficient (Wildman–Crippen LogP) is 3.69. The van der Waals surface area contributed by atoms with Crippen LogP contribution < -0.4 is 9.47 Å². The minimum absolute atomic E-state index is 0.562. The van der Waals surface area contributed by atoms with Gasteiger partial charge in [-0.05, 0) is 44.9 Å². The predicted molar refractivity (Wildman–Crippen MR) is 95.8 cm³/mol. The van der Waals surface area contributed by atoms with Gasteiger partial charge in [0.1, 0.15) is 17.1 Å². The van der Waals surface area contributed by atoms with Crippen LogP contribution in [0.4, 0.5) is 0 Å². The highest BCUT2D eigenvalue weighted by molar-refractivity contribution is 5.46. The number of aliphatic hydroxyl groups is 1. The number of benzene rings is 1. The standard InChI is InChI=1S/C20H27NO4/c1-20(2,22)18-11-10-16(25-18)13-21(15-8-9-15)12-14-6-5-7-17(23-3)19(14)24-4/h5-7,10-11,15,22H,8-9,12-13H2,1-4H3. The van der Waals surface area contributed by atoms with Gasteiger partial charge in [0.05, 0.1) is 20.8 Å². The van der Waals surface area contributed by atoms with Crippen molar-refractivity contribution in [3.05, 3.63) is 47.4 Å². The molecule has 0 amide bonds. The van der Waals surface area contributed by atoms with Crippen molar-refractivity contribution in [2.75, 3.05) is 14.2 Å². The van der Waals surface area contributed by atoms with Crippen molar-refractivity contribution >= 4 is 0 Å². The number of hydrogen-bond acceptors (Lipinski definition) is 5. The minimum atomic E-state index is -0.960. The summed E-state index contributed by atoms with van der Waals surface area (Å²) in [6.45, 7) is 4.94. The summed E-state index contributed by atoms with van der Waals surface area (Å²) in [5, 5.41) is 10.1. The van der Waals surface area contributed by atoms with Crippen LogP contribution in [-0.2, 0) is 18.7 Å². The van der Waals surface area contributed by atoms with Crippen molar-refractivity contribution in [3.8, 4) is 11.5 Å². The minimum Gasteiger partial charge on any atom is -0.493 e. The lowest BCUT2D eigenvalue weighted by Gasteiger charge is -2.23. The van der Waals surface area contributed by atoms with E-state index in [4.69, 9.17) is 13.9 Å². The zero-order valence-corrected chi connectivity index (χ0v) is 15.4. The van der Waals surface area contributed by atoms with Gasteiger partial charge in [0.25, 0.3) is 0 Å². The Balaban J connectivity index is 1.78. The van der Waals surface area contributed by atoms with Gasteiger partial charge in [-0.2, -0.15) is 0 Å². The number of para-hydroxylation sites is 1. The van der Waals surface area contributed by atoms with Crippen LogP contribution in [0.15, 0.2) is 34.7 Å². The fourth-order valence-electron chi connectivity index (χ4n) is 3.04. The number of methoxy groups -OCH3 is 2. The third-order valence-electron chi connectivity index (χ3n) is 4.54. The third-order valence-corrected chi connectivity index (χ3v) is 4.54. The van der Waals surface area contributed by atoms with Gasteiger partial charge < -0.3 is 19.0 Å². The molecule has 0 aliphatic heterocycles. The van der Waals surface area contributed by atoms with E-state index in [0.717, 1.165) is 29.4 Å². The Bertz CT molecular complexity index is 713. The second kappa shape index (κ2) is 7.10. The summed E-state index contributed by atoms with van der Waals surface area (Å²) in [6, 6.07) is 10.3. The topological polar surface area (TPSA) is 55.1 Å². The summed E-state index contributed by atoms with van der Waals surface area (Å²) in [4.78, 5) is 2.39. The second-order valence-electron chi connectivity index (χ2n) is 7.11. The van der Waals surface area contributed by atoms with Gasteiger partial charge in [-0.3, -0.25) is 4.90 Å². The van der Waals surface area contributed by atoms with Gasteiger partial charge in [0.15, 0.2) is 11.5 Å². The largest absolute Gasteiger partial charge is 0.493 e. The average molecular weight is 345 g/mol. The molecule has 5 heteroatoms. The number of hydrogen-bond donors (Lipinski definition) is 1. The van der Waals surface area contributed by atoms with E-state index in [2.05, 4.69) is 11.0 Å². The molecule has 136 valence electrons. The highest BCUT2D eigenvalue weighted by Gasteiger charge is 2.31. The molecule has 0 unspecified atom stereocenters. The lowest BCUT2D eigenvalue weighted by atomic mass is 10.1. The van der Waals surface area contributed by atoms with E-state index in [9.17, 15) is 5.11 Å². The number of rotatable bonds is 8. The summed E-state index contributed by atoms with van der Waals surface area (Å²) >= 11 is 0. The lowest BCUT2D eigenvalue weighted by molar-refractivity contribution is 0.0515. The van der Waals surface area contributed by atoms with E-state index >= 15 is 0 Å². The third kappa shape index (κ3) is 4.17. The van der Waals surface area contributed by atoms with E-state index < -0.39 is 5.60 Å². The second-order valence-corrected chi connectivity index (χ2v) is 7.11. The maximum atomic E-state index is 10.1. The molecule has 0 spiro atoms. The molecule has 25 heavy (non-hydrogen) atoms. The first-order valence-corrected chi connectivity index (χ1v) is 8.68. The molecular formula is C20H27NO4. The summed E-state index contributed by atoms with van der Waals surface area (Å²) in [7, 11) is 3.33. The monoisotopic (exact) mass is 345 g/mol. The summed E-state index contributed by atoms with van der Waals surface area (Å²) in [5.74, 6) is 2.99. The molecule has 0 atom stereocenters. The Morgan fingerprint density at radius 3 is 2.44 bits per heavy atom. The smallest absolute Gasteiger partial charge is 0.165 e. The molecular weight excluding hydrogens is 318 g/mol. The van der Waals surface area contributed by atoms with E-state index in [1.54, 1.807) is 28.1 Å². The van der Waals surface area contributed by atoms with Crippen molar-refractivity contribution in [1.82, 2.24) is 4.90 Å². The zero-order chi connectivity index (χ0) is 18.0. The first-order chi connectivity index (χ1) is 11.9. The summed E-state index contributed by atoms with van der Waals surface area (Å²) in [5.41, 5.74) is 0.140. The maximum Gasteiger partial charge on any atom is 0.165 e. The van der Waals surface area contributed by atoms with Gasteiger partial charge in [-0.25, -0.2) is 0 Å². The van der Waals surface area contributed by atoms with E-state index in [1.165, 1.54) is 12.8 Å². The zero-order valence-electron chi connectivity index (χ0n) is 15.4. The van der Waals surface area contributed by atoms with Crippen LogP contribution in [0.5, 0.6) is 11.5 Å². The van der Waals surface area contributed by atoms with Crippen LogP contribution >= 0.6 is 0 Å². The summed E-state index contributed by atoms with van der Waals surface area (Å²) < 4.78 is 16.8. The Morgan fingerprint density at radius 1 is 1.12 bits per heavy atom. The highest BCUT2D eigenvalue weighted by Crippen LogP contribution is 2.36. The first kappa shape index (κ1) is 17.8. The number of furan rings is 1. The molecule has 1 N–H and O–H groups in total. The molecule has 5 nitrogen and oxygen atoms in total. The van der Waals surface area contributed by atoms with Gasteiger partial charge in [-0.1, -0.05) is 12.1 Å². The van der Waals surface area contributed by atoms with Crippen molar-refractivity contribution in [2.45, 2.75) is 51.4 Å². The SMILES string of the molecule is COc1cccc(CN(Cc2ccc(C(C)(C)O)o2)C2CC2)c1OC.